The zero-order chi connectivity index (χ0) is 15.3. The molecule has 0 unspecified atom stereocenters. The number of alkyl halides is 4. The van der Waals surface area contributed by atoms with E-state index in [9.17, 15) is 17.6 Å². The molecular weight excluding hydrogens is 348 g/mol. The van der Waals surface area contributed by atoms with E-state index in [2.05, 4.69) is 15.9 Å². The highest BCUT2D eigenvalue weighted by molar-refractivity contribution is 9.10. The molecule has 0 N–H and O–H groups in total. The van der Waals surface area contributed by atoms with Crippen molar-refractivity contribution in [2.24, 2.45) is 0 Å². The van der Waals surface area contributed by atoms with Crippen LogP contribution in [0.15, 0.2) is 46.9 Å². The zero-order valence-electron chi connectivity index (χ0n) is 10.8. The molecule has 5 heteroatoms. The molecule has 0 spiro atoms. The standard InChI is InChI=1S/C16H11BrF4/c17-14-7-10-1-2-11(14)9-16(20,21)13-5-3-12(4-6-13)15(18,19)8-10/h1-7H,8-9H2. The molecule has 6 rings (SSSR count). The Balaban J connectivity index is 2.20. The molecule has 0 amide bonds. The fourth-order valence-corrected chi connectivity index (χ4v) is 3.07. The Morgan fingerprint density at radius 1 is 0.762 bits per heavy atom. The van der Waals surface area contributed by atoms with Crippen LogP contribution < -0.4 is 0 Å². The molecule has 2 aromatic carbocycles. The maximum atomic E-state index is 14.3. The van der Waals surface area contributed by atoms with Gasteiger partial charge in [-0.1, -0.05) is 52.3 Å². The van der Waals surface area contributed by atoms with Crippen LogP contribution in [0.3, 0.4) is 0 Å². The number of hydrogen-bond acceptors (Lipinski definition) is 0. The molecule has 4 aliphatic carbocycles. The minimum Gasteiger partial charge on any atom is -0.201 e. The first-order valence-electron chi connectivity index (χ1n) is 6.42. The average Bonchev–Trinajstić information content (AvgIpc) is 2.41. The van der Waals surface area contributed by atoms with Gasteiger partial charge in [0, 0.05) is 28.4 Å². The third kappa shape index (κ3) is 2.71. The van der Waals surface area contributed by atoms with Crippen molar-refractivity contribution < 1.29 is 17.6 Å². The van der Waals surface area contributed by atoms with Crippen LogP contribution >= 0.6 is 15.9 Å². The SMILES string of the molecule is FC1(F)Cc2ccc(c(Br)c2)CC(F)(F)c2ccc1cc2. The van der Waals surface area contributed by atoms with Gasteiger partial charge in [0.15, 0.2) is 0 Å². The Labute approximate surface area is 127 Å². The van der Waals surface area contributed by atoms with Crippen molar-refractivity contribution >= 4 is 15.9 Å². The summed E-state index contributed by atoms with van der Waals surface area (Å²) >= 11 is 3.20. The second-order valence-electron chi connectivity index (χ2n) is 5.27. The summed E-state index contributed by atoms with van der Waals surface area (Å²) in [6.07, 6.45) is -0.925. The van der Waals surface area contributed by atoms with Gasteiger partial charge in [0.25, 0.3) is 11.8 Å². The van der Waals surface area contributed by atoms with Crippen molar-refractivity contribution in [3.8, 4) is 0 Å². The van der Waals surface area contributed by atoms with E-state index in [1.165, 1.54) is 18.2 Å². The highest BCUT2D eigenvalue weighted by Crippen LogP contribution is 2.39. The smallest absolute Gasteiger partial charge is 0.201 e. The van der Waals surface area contributed by atoms with Crippen molar-refractivity contribution in [3.63, 3.8) is 0 Å². The molecule has 0 aromatic heterocycles. The Bertz CT molecular complexity index is 677. The summed E-state index contributed by atoms with van der Waals surface area (Å²) in [5, 5.41) is 0. The molecule has 110 valence electrons. The molecule has 4 aliphatic rings. The van der Waals surface area contributed by atoms with E-state index in [0.29, 0.717) is 15.6 Å². The predicted molar refractivity (Wildman–Crippen MR) is 75.8 cm³/mol. The van der Waals surface area contributed by atoms with E-state index >= 15 is 0 Å². The monoisotopic (exact) mass is 358 g/mol. The van der Waals surface area contributed by atoms with Crippen LogP contribution in [-0.2, 0) is 24.7 Å². The first-order valence-corrected chi connectivity index (χ1v) is 7.21. The van der Waals surface area contributed by atoms with Crippen LogP contribution in [0.5, 0.6) is 0 Å². The van der Waals surface area contributed by atoms with Gasteiger partial charge in [-0.2, -0.15) is 0 Å². The van der Waals surface area contributed by atoms with E-state index in [-0.39, 0.29) is 11.1 Å². The van der Waals surface area contributed by atoms with E-state index in [1.54, 1.807) is 0 Å². The van der Waals surface area contributed by atoms with Gasteiger partial charge in [0.1, 0.15) is 0 Å². The summed E-state index contributed by atoms with van der Waals surface area (Å²) < 4.78 is 57.4. The van der Waals surface area contributed by atoms with Gasteiger partial charge in [-0.05, 0) is 17.2 Å². The summed E-state index contributed by atoms with van der Waals surface area (Å²) in [6.45, 7) is 0. The Morgan fingerprint density at radius 2 is 1.29 bits per heavy atom. The van der Waals surface area contributed by atoms with Crippen LogP contribution in [0.4, 0.5) is 17.6 Å². The van der Waals surface area contributed by atoms with Crippen LogP contribution in [0.25, 0.3) is 0 Å². The van der Waals surface area contributed by atoms with Crippen LogP contribution in [0, 0.1) is 0 Å². The zero-order valence-corrected chi connectivity index (χ0v) is 12.4. The Morgan fingerprint density at radius 3 is 1.81 bits per heavy atom. The van der Waals surface area contributed by atoms with Crippen molar-refractivity contribution in [2.75, 3.05) is 0 Å². The van der Waals surface area contributed by atoms with E-state index < -0.39 is 24.7 Å². The molecular formula is C16H11BrF4. The summed E-state index contributed by atoms with van der Waals surface area (Å²) in [5.41, 5.74) is 0.307. The molecule has 21 heavy (non-hydrogen) atoms. The van der Waals surface area contributed by atoms with E-state index in [1.807, 2.05) is 0 Å². The summed E-state index contributed by atoms with van der Waals surface area (Å²) in [7, 11) is 0. The maximum absolute atomic E-state index is 14.3. The fourth-order valence-electron chi connectivity index (χ4n) is 2.50. The third-order valence-corrected chi connectivity index (χ3v) is 4.42. The van der Waals surface area contributed by atoms with Crippen LogP contribution in [0.2, 0.25) is 0 Å². The summed E-state index contributed by atoms with van der Waals surface area (Å²) in [6, 6.07) is 8.82. The minimum atomic E-state index is -3.10. The molecule has 2 aromatic rings. The van der Waals surface area contributed by atoms with Gasteiger partial charge < -0.3 is 0 Å². The Kier molecular flexibility index (Phi) is 3.35. The predicted octanol–water partition coefficient (Wildman–Crippen LogP) is 5.43. The van der Waals surface area contributed by atoms with E-state index in [0.717, 1.165) is 24.3 Å². The summed E-state index contributed by atoms with van der Waals surface area (Å²) in [4.78, 5) is 0. The molecule has 0 radical (unpaired) electrons. The van der Waals surface area contributed by atoms with E-state index in [4.69, 9.17) is 0 Å². The fraction of sp³-hybridized carbons (Fsp3) is 0.250. The average molecular weight is 359 g/mol. The molecule has 0 aliphatic heterocycles. The normalized spacial score (nSPS) is 19.1. The van der Waals surface area contributed by atoms with Crippen LogP contribution in [0.1, 0.15) is 22.3 Å². The second kappa shape index (κ2) is 4.83. The van der Waals surface area contributed by atoms with Gasteiger partial charge >= 0.3 is 0 Å². The lowest BCUT2D eigenvalue weighted by molar-refractivity contribution is -0.00891. The minimum absolute atomic E-state index is 0.247. The largest absolute Gasteiger partial charge is 0.277 e. The topological polar surface area (TPSA) is 0 Å². The lowest BCUT2D eigenvalue weighted by atomic mass is 9.93. The maximum Gasteiger partial charge on any atom is 0.277 e. The van der Waals surface area contributed by atoms with Crippen molar-refractivity contribution in [1.82, 2.24) is 0 Å². The van der Waals surface area contributed by atoms with Crippen molar-refractivity contribution in [3.05, 3.63) is 69.2 Å². The molecule has 0 atom stereocenters. The highest BCUT2D eigenvalue weighted by Gasteiger charge is 2.36. The molecule has 0 saturated heterocycles. The van der Waals surface area contributed by atoms with Gasteiger partial charge in [0.2, 0.25) is 0 Å². The molecule has 0 fully saturated rings. The number of benzene rings is 2. The lowest BCUT2D eigenvalue weighted by Crippen LogP contribution is -2.21. The molecule has 4 bridgehead atoms. The highest BCUT2D eigenvalue weighted by atomic mass is 79.9. The van der Waals surface area contributed by atoms with Gasteiger partial charge in [-0.25, -0.2) is 17.6 Å². The first-order chi connectivity index (χ1) is 9.78. The van der Waals surface area contributed by atoms with Crippen molar-refractivity contribution in [2.45, 2.75) is 24.7 Å². The number of halogens is 5. The van der Waals surface area contributed by atoms with Crippen LogP contribution in [-0.4, -0.2) is 0 Å². The molecule has 0 heterocycles. The quantitative estimate of drug-likeness (QED) is 0.550. The van der Waals surface area contributed by atoms with Gasteiger partial charge in [-0.3, -0.25) is 0 Å². The number of hydrogen-bond donors (Lipinski definition) is 0. The molecule has 0 nitrogen and oxygen atoms in total. The summed E-state index contributed by atoms with van der Waals surface area (Å²) in [5.74, 6) is -6.19. The molecule has 0 saturated carbocycles. The Hall–Kier alpha value is -1.36. The first kappa shape index (κ1) is 14.6. The lowest BCUT2D eigenvalue weighted by Gasteiger charge is -2.23. The number of rotatable bonds is 0. The van der Waals surface area contributed by atoms with Gasteiger partial charge in [0.05, 0.1) is 0 Å². The third-order valence-electron chi connectivity index (χ3n) is 3.69. The van der Waals surface area contributed by atoms with Gasteiger partial charge in [-0.15, -0.1) is 0 Å². The second-order valence-corrected chi connectivity index (χ2v) is 6.12. The van der Waals surface area contributed by atoms with Crippen molar-refractivity contribution in [1.29, 1.82) is 0 Å².